The minimum atomic E-state index is 0.235. The maximum atomic E-state index is 4.47. The molecule has 1 aromatic rings. The van der Waals surface area contributed by atoms with Crippen molar-refractivity contribution in [2.24, 2.45) is 10.9 Å². The highest BCUT2D eigenvalue weighted by molar-refractivity contribution is 7.99. The molecule has 0 amide bonds. The third-order valence-corrected chi connectivity index (χ3v) is 5.64. The third kappa shape index (κ3) is 4.94. The van der Waals surface area contributed by atoms with Gasteiger partial charge in [-0.05, 0) is 44.4 Å². The Hall–Kier alpha value is -1.16. The van der Waals surface area contributed by atoms with E-state index in [1.165, 1.54) is 18.4 Å². The van der Waals surface area contributed by atoms with E-state index in [1.54, 1.807) is 0 Å². The van der Waals surface area contributed by atoms with E-state index in [0.717, 1.165) is 31.5 Å². The predicted molar refractivity (Wildman–Crippen MR) is 98.8 cm³/mol. The Morgan fingerprint density at radius 3 is 2.73 bits per heavy atom. The topological polar surface area (TPSA) is 27.6 Å². The molecule has 1 unspecified atom stereocenters. The largest absolute Gasteiger partial charge is 0.355 e. The molecule has 122 valence electrons. The molecular formula is C18H29N3S. The highest BCUT2D eigenvalue weighted by Crippen LogP contribution is 2.22. The molecule has 0 aromatic heterocycles. The molecule has 0 aliphatic carbocycles. The lowest BCUT2D eigenvalue weighted by Crippen LogP contribution is -2.44. The van der Waals surface area contributed by atoms with E-state index in [0.29, 0.717) is 0 Å². The SMILES string of the molecule is CN=C(NCC(C)(C)SC)N1CCC(Cc2ccccc2)C1. The van der Waals surface area contributed by atoms with E-state index >= 15 is 0 Å². The monoisotopic (exact) mass is 319 g/mol. The minimum absolute atomic E-state index is 0.235. The molecule has 0 radical (unpaired) electrons. The summed E-state index contributed by atoms with van der Waals surface area (Å²) in [5.74, 6) is 1.78. The molecule has 1 aliphatic rings. The summed E-state index contributed by atoms with van der Waals surface area (Å²) in [6.07, 6.45) is 4.59. The number of nitrogens with zero attached hydrogens (tertiary/aromatic N) is 2. The molecule has 1 aromatic carbocycles. The maximum absolute atomic E-state index is 4.47. The molecule has 1 atom stereocenters. The smallest absolute Gasteiger partial charge is 0.193 e. The second-order valence-electron chi connectivity index (χ2n) is 6.66. The fraction of sp³-hybridized carbons (Fsp3) is 0.611. The van der Waals surface area contributed by atoms with Crippen LogP contribution in [0.5, 0.6) is 0 Å². The Balaban J connectivity index is 1.85. The van der Waals surface area contributed by atoms with Crippen LogP contribution in [0.15, 0.2) is 35.3 Å². The zero-order valence-electron chi connectivity index (χ0n) is 14.3. The average molecular weight is 320 g/mol. The van der Waals surface area contributed by atoms with Crippen molar-refractivity contribution in [1.82, 2.24) is 10.2 Å². The fourth-order valence-corrected chi connectivity index (χ4v) is 3.05. The van der Waals surface area contributed by atoms with Gasteiger partial charge in [-0.25, -0.2) is 0 Å². The molecule has 3 nitrogen and oxygen atoms in total. The van der Waals surface area contributed by atoms with Gasteiger partial charge in [0.15, 0.2) is 5.96 Å². The van der Waals surface area contributed by atoms with Gasteiger partial charge in [-0.15, -0.1) is 0 Å². The fourth-order valence-electron chi connectivity index (χ4n) is 2.84. The quantitative estimate of drug-likeness (QED) is 0.667. The molecular weight excluding hydrogens is 290 g/mol. The molecule has 1 saturated heterocycles. The molecule has 2 rings (SSSR count). The van der Waals surface area contributed by atoms with Crippen LogP contribution in [0.3, 0.4) is 0 Å². The van der Waals surface area contributed by atoms with Crippen molar-refractivity contribution in [2.45, 2.75) is 31.4 Å². The first-order chi connectivity index (χ1) is 10.5. The summed E-state index contributed by atoms with van der Waals surface area (Å²) in [5, 5.41) is 3.54. The van der Waals surface area contributed by atoms with Crippen LogP contribution in [-0.4, -0.2) is 48.5 Å². The van der Waals surface area contributed by atoms with Crippen molar-refractivity contribution in [2.75, 3.05) is 32.9 Å². The van der Waals surface area contributed by atoms with Gasteiger partial charge in [0.05, 0.1) is 0 Å². The summed E-state index contributed by atoms with van der Waals surface area (Å²) in [6.45, 7) is 7.69. The summed E-state index contributed by atoms with van der Waals surface area (Å²) >= 11 is 1.89. The summed E-state index contributed by atoms with van der Waals surface area (Å²) < 4.78 is 0.235. The van der Waals surface area contributed by atoms with E-state index in [2.05, 4.69) is 65.6 Å². The molecule has 22 heavy (non-hydrogen) atoms. The number of nitrogens with one attached hydrogen (secondary N) is 1. The Morgan fingerprint density at radius 2 is 2.09 bits per heavy atom. The standard InChI is InChI=1S/C18H29N3S/c1-18(2,22-4)14-20-17(19-3)21-11-10-16(13-21)12-15-8-6-5-7-9-15/h5-9,16H,10-14H2,1-4H3,(H,19,20). The summed E-state index contributed by atoms with van der Waals surface area (Å²) in [7, 11) is 1.89. The number of thioether (sulfide) groups is 1. The van der Waals surface area contributed by atoms with E-state index in [1.807, 2.05) is 18.8 Å². The zero-order valence-corrected chi connectivity index (χ0v) is 15.1. The molecule has 1 aliphatic heterocycles. The number of hydrogen-bond acceptors (Lipinski definition) is 2. The Bertz CT molecular complexity index is 484. The summed E-state index contributed by atoms with van der Waals surface area (Å²) in [6, 6.07) is 10.8. The van der Waals surface area contributed by atoms with Gasteiger partial charge in [0.2, 0.25) is 0 Å². The predicted octanol–water partition coefficient (Wildman–Crippen LogP) is 3.27. The van der Waals surface area contributed by atoms with Gasteiger partial charge < -0.3 is 10.2 Å². The molecule has 0 spiro atoms. The van der Waals surface area contributed by atoms with E-state index in [-0.39, 0.29) is 4.75 Å². The first-order valence-corrected chi connectivity index (χ1v) is 9.31. The van der Waals surface area contributed by atoms with Gasteiger partial charge >= 0.3 is 0 Å². The van der Waals surface area contributed by atoms with Gasteiger partial charge in [-0.3, -0.25) is 4.99 Å². The molecule has 1 heterocycles. The van der Waals surface area contributed by atoms with Gasteiger partial charge in [0.1, 0.15) is 0 Å². The van der Waals surface area contributed by atoms with Crippen LogP contribution in [0, 0.1) is 5.92 Å². The van der Waals surface area contributed by atoms with Crippen LogP contribution < -0.4 is 5.32 Å². The first-order valence-electron chi connectivity index (χ1n) is 8.09. The molecule has 0 bridgehead atoms. The Labute approximate surface area is 139 Å². The van der Waals surface area contributed by atoms with Crippen LogP contribution in [0.1, 0.15) is 25.8 Å². The highest BCUT2D eigenvalue weighted by Gasteiger charge is 2.26. The highest BCUT2D eigenvalue weighted by atomic mass is 32.2. The van der Waals surface area contributed by atoms with Gasteiger partial charge in [-0.2, -0.15) is 11.8 Å². The van der Waals surface area contributed by atoms with Crippen molar-refractivity contribution in [3.05, 3.63) is 35.9 Å². The number of likely N-dealkylation sites (tertiary alicyclic amines) is 1. The maximum Gasteiger partial charge on any atom is 0.193 e. The van der Waals surface area contributed by atoms with Gasteiger partial charge in [0.25, 0.3) is 0 Å². The number of guanidine groups is 1. The third-order valence-electron chi connectivity index (χ3n) is 4.39. The van der Waals surface area contributed by atoms with Crippen LogP contribution in [0.2, 0.25) is 0 Å². The number of rotatable bonds is 5. The van der Waals surface area contributed by atoms with Gasteiger partial charge in [0, 0.05) is 31.4 Å². The van der Waals surface area contributed by atoms with Crippen molar-refractivity contribution in [3.63, 3.8) is 0 Å². The van der Waals surface area contributed by atoms with Crippen LogP contribution in [-0.2, 0) is 6.42 Å². The molecule has 4 heteroatoms. The summed E-state index contributed by atoms with van der Waals surface area (Å²) in [5.41, 5.74) is 1.45. The van der Waals surface area contributed by atoms with Crippen molar-refractivity contribution < 1.29 is 0 Å². The second kappa shape index (κ2) is 7.91. The first kappa shape index (κ1) is 17.2. The zero-order chi connectivity index (χ0) is 16.0. The molecule has 1 fully saturated rings. The van der Waals surface area contributed by atoms with Crippen LogP contribution in [0.4, 0.5) is 0 Å². The molecule has 0 saturated carbocycles. The van der Waals surface area contributed by atoms with E-state index in [9.17, 15) is 0 Å². The molecule has 1 N–H and O–H groups in total. The summed E-state index contributed by atoms with van der Waals surface area (Å²) in [4.78, 5) is 6.88. The van der Waals surface area contributed by atoms with E-state index < -0.39 is 0 Å². The Morgan fingerprint density at radius 1 is 1.36 bits per heavy atom. The van der Waals surface area contributed by atoms with Crippen molar-refractivity contribution in [1.29, 1.82) is 0 Å². The van der Waals surface area contributed by atoms with E-state index in [4.69, 9.17) is 0 Å². The number of hydrogen-bond donors (Lipinski definition) is 1. The lowest BCUT2D eigenvalue weighted by Gasteiger charge is -2.27. The van der Waals surface area contributed by atoms with Crippen LogP contribution in [0.25, 0.3) is 0 Å². The van der Waals surface area contributed by atoms with Crippen molar-refractivity contribution >= 4 is 17.7 Å². The average Bonchev–Trinajstić information content (AvgIpc) is 2.97. The van der Waals surface area contributed by atoms with Gasteiger partial charge in [-0.1, -0.05) is 30.3 Å². The number of benzene rings is 1. The Kier molecular flexibility index (Phi) is 6.18. The van der Waals surface area contributed by atoms with Crippen molar-refractivity contribution in [3.8, 4) is 0 Å². The number of aliphatic imine (C=N–C) groups is 1. The lowest BCUT2D eigenvalue weighted by molar-refractivity contribution is 0.456. The normalized spacial score (nSPS) is 19.5. The minimum Gasteiger partial charge on any atom is -0.355 e. The lowest BCUT2D eigenvalue weighted by atomic mass is 9.99. The second-order valence-corrected chi connectivity index (χ2v) is 8.17. The van der Waals surface area contributed by atoms with Crippen LogP contribution >= 0.6 is 11.8 Å².